The third-order valence-corrected chi connectivity index (χ3v) is 3.22. The Morgan fingerprint density at radius 3 is 2.60 bits per heavy atom. The second kappa shape index (κ2) is 7.56. The molecule has 0 spiro atoms. The molecule has 0 aliphatic carbocycles. The Kier molecular flexibility index (Phi) is 5.68. The molecule has 1 aromatic heterocycles. The number of methoxy groups -OCH3 is 1. The minimum atomic E-state index is -4.48. The lowest BCUT2D eigenvalue weighted by Crippen LogP contribution is -2.19. The molecule has 1 heterocycles. The van der Waals surface area contributed by atoms with E-state index in [9.17, 15) is 22.4 Å². The summed E-state index contributed by atoms with van der Waals surface area (Å²) in [6.45, 7) is -1.47. The van der Waals surface area contributed by atoms with Crippen LogP contribution in [0.25, 0.3) is 11.1 Å². The van der Waals surface area contributed by atoms with Crippen LogP contribution in [0.15, 0.2) is 30.5 Å². The number of nitrogens with zero attached hydrogens (tertiary/aromatic N) is 1. The molecule has 0 aliphatic rings. The first kappa shape index (κ1) is 18.8. The van der Waals surface area contributed by atoms with Crippen molar-refractivity contribution in [1.82, 2.24) is 4.98 Å². The van der Waals surface area contributed by atoms with Gasteiger partial charge in [0.2, 0.25) is 5.88 Å². The quantitative estimate of drug-likeness (QED) is 0.786. The maximum atomic E-state index is 14.0. The Morgan fingerprint density at radius 1 is 1.32 bits per heavy atom. The average Bonchev–Trinajstić information content (AvgIpc) is 2.55. The van der Waals surface area contributed by atoms with Crippen molar-refractivity contribution in [3.8, 4) is 17.0 Å². The fraction of sp³-hybridized carbons (Fsp3) is 0.200. The van der Waals surface area contributed by atoms with Gasteiger partial charge in [-0.25, -0.2) is 14.2 Å². The highest BCUT2D eigenvalue weighted by Crippen LogP contribution is 2.32. The largest absolute Gasteiger partial charge is 0.468 e. The number of halogens is 5. The highest BCUT2D eigenvalue weighted by molar-refractivity contribution is 6.33. The van der Waals surface area contributed by atoms with Crippen LogP contribution in [-0.2, 0) is 4.74 Å². The zero-order chi connectivity index (χ0) is 18.6. The SMILES string of the molecule is COC(=O)Nc1cc(Cl)c(-c2ccc(OCC(F)(F)F)nc2)cc1F. The summed E-state index contributed by atoms with van der Waals surface area (Å²) in [5.41, 5.74) is 0.413. The lowest BCUT2D eigenvalue weighted by Gasteiger charge is -2.11. The van der Waals surface area contributed by atoms with Crippen molar-refractivity contribution < 1.29 is 31.8 Å². The number of carbonyl (C=O) groups is 1. The topological polar surface area (TPSA) is 60.5 Å². The van der Waals surface area contributed by atoms with Crippen molar-refractivity contribution >= 4 is 23.4 Å². The normalized spacial score (nSPS) is 11.1. The van der Waals surface area contributed by atoms with Crippen LogP contribution < -0.4 is 10.1 Å². The number of benzene rings is 1. The molecule has 5 nitrogen and oxygen atoms in total. The Labute approximate surface area is 144 Å². The molecule has 0 atom stereocenters. The van der Waals surface area contributed by atoms with Gasteiger partial charge in [0.05, 0.1) is 17.8 Å². The summed E-state index contributed by atoms with van der Waals surface area (Å²) in [4.78, 5) is 14.8. The summed E-state index contributed by atoms with van der Waals surface area (Å²) < 4.78 is 59.1. The molecule has 0 aliphatic heterocycles. The fourth-order valence-corrected chi connectivity index (χ4v) is 2.08. The van der Waals surface area contributed by atoms with E-state index in [1.54, 1.807) is 0 Å². The van der Waals surface area contributed by atoms with E-state index >= 15 is 0 Å². The minimum Gasteiger partial charge on any atom is -0.468 e. The Balaban J connectivity index is 2.21. The molecule has 0 radical (unpaired) electrons. The zero-order valence-electron chi connectivity index (χ0n) is 12.7. The van der Waals surface area contributed by atoms with Gasteiger partial charge in [0.1, 0.15) is 5.82 Å². The molecule has 0 saturated heterocycles. The smallest absolute Gasteiger partial charge is 0.422 e. The van der Waals surface area contributed by atoms with Gasteiger partial charge >= 0.3 is 12.3 Å². The Morgan fingerprint density at radius 2 is 2.04 bits per heavy atom. The second-order valence-corrected chi connectivity index (χ2v) is 5.12. The van der Waals surface area contributed by atoms with Gasteiger partial charge in [-0.05, 0) is 18.2 Å². The van der Waals surface area contributed by atoms with E-state index in [0.717, 1.165) is 13.2 Å². The van der Waals surface area contributed by atoms with Crippen molar-refractivity contribution in [2.24, 2.45) is 0 Å². The standard InChI is InChI=1S/C15H11ClF4N2O3/c1-24-14(23)22-12-5-10(16)9(4-11(12)17)8-2-3-13(21-6-8)25-7-15(18,19)20/h2-6H,7H2,1H3,(H,22,23). The van der Waals surface area contributed by atoms with Crippen LogP contribution in [-0.4, -0.2) is 31.0 Å². The lowest BCUT2D eigenvalue weighted by atomic mass is 10.1. The van der Waals surface area contributed by atoms with Crippen LogP contribution >= 0.6 is 11.6 Å². The number of ether oxygens (including phenoxy) is 2. The van der Waals surface area contributed by atoms with Crippen molar-refractivity contribution in [2.45, 2.75) is 6.18 Å². The van der Waals surface area contributed by atoms with Crippen molar-refractivity contribution in [1.29, 1.82) is 0 Å². The van der Waals surface area contributed by atoms with Gasteiger partial charge < -0.3 is 9.47 Å². The third-order valence-electron chi connectivity index (χ3n) is 2.91. The van der Waals surface area contributed by atoms with E-state index in [2.05, 4.69) is 19.8 Å². The number of amides is 1. The maximum Gasteiger partial charge on any atom is 0.422 e. The van der Waals surface area contributed by atoms with Crippen LogP contribution in [0, 0.1) is 5.82 Å². The molecule has 0 saturated carbocycles. The van der Waals surface area contributed by atoms with Gasteiger partial charge in [-0.3, -0.25) is 5.32 Å². The molecule has 1 amide bonds. The molecule has 25 heavy (non-hydrogen) atoms. The van der Waals surface area contributed by atoms with E-state index < -0.39 is 24.7 Å². The molecule has 0 bridgehead atoms. The zero-order valence-corrected chi connectivity index (χ0v) is 13.4. The molecule has 2 rings (SSSR count). The summed E-state index contributed by atoms with van der Waals surface area (Å²) in [5, 5.41) is 2.25. The van der Waals surface area contributed by atoms with Gasteiger partial charge in [-0.2, -0.15) is 13.2 Å². The first-order chi connectivity index (χ1) is 11.7. The van der Waals surface area contributed by atoms with Crippen molar-refractivity contribution in [3.63, 3.8) is 0 Å². The maximum absolute atomic E-state index is 14.0. The highest BCUT2D eigenvalue weighted by Gasteiger charge is 2.28. The van der Waals surface area contributed by atoms with E-state index in [0.29, 0.717) is 5.56 Å². The minimum absolute atomic E-state index is 0.0959. The summed E-state index contributed by atoms with van der Waals surface area (Å²) in [5.74, 6) is -1.01. The van der Waals surface area contributed by atoms with Gasteiger partial charge in [-0.1, -0.05) is 11.6 Å². The fourth-order valence-electron chi connectivity index (χ4n) is 1.81. The van der Waals surface area contributed by atoms with Gasteiger partial charge in [0.15, 0.2) is 6.61 Å². The highest BCUT2D eigenvalue weighted by atomic mass is 35.5. The summed E-state index contributed by atoms with van der Waals surface area (Å²) >= 11 is 6.06. The number of anilines is 1. The third kappa shape index (κ3) is 5.21. The lowest BCUT2D eigenvalue weighted by molar-refractivity contribution is -0.154. The molecule has 0 fully saturated rings. The summed E-state index contributed by atoms with van der Waals surface area (Å²) in [6, 6.07) is 4.82. The van der Waals surface area contributed by atoms with E-state index in [-0.39, 0.29) is 22.2 Å². The summed E-state index contributed by atoms with van der Waals surface area (Å²) in [7, 11) is 1.12. The first-order valence-corrected chi connectivity index (χ1v) is 7.07. The van der Waals surface area contributed by atoms with Gasteiger partial charge in [0, 0.05) is 23.4 Å². The number of aromatic nitrogens is 1. The Bertz CT molecular complexity index is 767. The number of nitrogens with one attached hydrogen (secondary N) is 1. The molecular formula is C15H11ClF4N2O3. The molecule has 1 aromatic carbocycles. The molecule has 0 unspecified atom stereocenters. The molecule has 2 aromatic rings. The Hall–Kier alpha value is -2.55. The predicted molar refractivity (Wildman–Crippen MR) is 82.2 cm³/mol. The number of hydrogen-bond donors (Lipinski definition) is 1. The molecule has 134 valence electrons. The van der Waals surface area contributed by atoms with Crippen LogP contribution in [0.4, 0.5) is 28.0 Å². The summed E-state index contributed by atoms with van der Waals surface area (Å²) in [6.07, 6.45) is -4.15. The van der Waals surface area contributed by atoms with E-state index in [1.165, 1.54) is 24.4 Å². The number of alkyl halides is 3. The van der Waals surface area contributed by atoms with Crippen LogP contribution in [0.2, 0.25) is 5.02 Å². The van der Waals surface area contributed by atoms with E-state index in [1.807, 2.05) is 0 Å². The molecule has 10 heteroatoms. The van der Waals surface area contributed by atoms with Crippen molar-refractivity contribution in [3.05, 3.63) is 41.3 Å². The van der Waals surface area contributed by atoms with Gasteiger partial charge in [-0.15, -0.1) is 0 Å². The average molecular weight is 379 g/mol. The van der Waals surface area contributed by atoms with Crippen LogP contribution in [0.3, 0.4) is 0 Å². The van der Waals surface area contributed by atoms with E-state index in [4.69, 9.17) is 11.6 Å². The predicted octanol–water partition coefficient (Wildman–Crippen LogP) is 4.66. The molecular weight excluding hydrogens is 368 g/mol. The second-order valence-electron chi connectivity index (χ2n) is 4.72. The molecule has 1 N–H and O–H groups in total. The van der Waals surface area contributed by atoms with Crippen LogP contribution in [0.5, 0.6) is 5.88 Å². The van der Waals surface area contributed by atoms with Gasteiger partial charge in [0.25, 0.3) is 0 Å². The first-order valence-electron chi connectivity index (χ1n) is 6.69. The number of hydrogen-bond acceptors (Lipinski definition) is 4. The number of carbonyl (C=O) groups excluding carboxylic acids is 1. The van der Waals surface area contributed by atoms with Crippen molar-refractivity contribution in [2.75, 3.05) is 19.0 Å². The van der Waals surface area contributed by atoms with Crippen LogP contribution in [0.1, 0.15) is 0 Å². The number of rotatable bonds is 4. The monoisotopic (exact) mass is 378 g/mol. The number of pyridine rings is 1.